The number of nitro benzene ring substituents is 1. The van der Waals surface area contributed by atoms with Gasteiger partial charge in [0.05, 0.1) is 4.92 Å². The maximum Gasteiger partial charge on any atom is 0.282 e. The minimum atomic E-state index is -0.543. The van der Waals surface area contributed by atoms with Crippen LogP contribution < -0.4 is 5.32 Å². The molecule has 0 saturated carbocycles. The van der Waals surface area contributed by atoms with E-state index in [9.17, 15) is 14.9 Å². The zero-order chi connectivity index (χ0) is 15.4. The van der Waals surface area contributed by atoms with Gasteiger partial charge in [0.25, 0.3) is 11.6 Å². The topological polar surface area (TPSA) is 75.5 Å². The third-order valence-corrected chi connectivity index (χ3v) is 3.92. The Bertz CT molecular complexity index is 548. The number of nitrogens with one attached hydrogen (secondary N) is 1. The predicted molar refractivity (Wildman–Crippen MR) is 80.7 cm³/mol. The Morgan fingerprint density at radius 2 is 2.33 bits per heavy atom. The molecule has 7 heteroatoms. The fourth-order valence-electron chi connectivity index (χ4n) is 2.71. The SMILES string of the molecule is CNCC1CCCN(C(=O)c2cc(Cl)ccc2[N+](=O)[O-])C1. The highest BCUT2D eigenvalue weighted by atomic mass is 35.5. The summed E-state index contributed by atoms with van der Waals surface area (Å²) in [7, 11) is 1.88. The molecule has 114 valence electrons. The summed E-state index contributed by atoms with van der Waals surface area (Å²) in [5, 5.41) is 14.5. The van der Waals surface area contributed by atoms with E-state index in [1.807, 2.05) is 7.05 Å². The van der Waals surface area contributed by atoms with Gasteiger partial charge in [0.1, 0.15) is 5.56 Å². The second kappa shape index (κ2) is 6.87. The van der Waals surface area contributed by atoms with E-state index in [2.05, 4.69) is 5.32 Å². The highest BCUT2D eigenvalue weighted by Gasteiger charge is 2.28. The second-order valence-electron chi connectivity index (χ2n) is 5.24. The van der Waals surface area contributed by atoms with E-state index >= 15 is 0 Å². The number of piperidine rings is 1. The first-order chi connectivity index (χ1) is 10.0. The number of rotatable bonds is 4. The minimum absolute atomic E-state index is 0.0672. The van der Waals surface area contributed by atoms with Crippen LogP contribution in [0.2, 0.25) is 5.02 Å². The van der Waals surface area contributed by atoms with Crippen LogP contribution >= 0.6 is 11.6 Å². The molecule has 0 bridgehead atoms. The van der Waals surface area contributed by atoms with Crippen LogP contribution in [-0.2, 0) is 0 Å². The first-order valence-corrected chi connectivity index (χ1v) is 7.28. The second-order valence-corrected chi connectivity index (χ2v) is 5.67. The summed E-state index contributed by atoms with van der Waals surface area (Å²) in [5.41, 5.74) is -0.127. The molecule has 1 aromatic carbocycles. The lowest BCUT2D eigenvalue weighted by Crippen LogP contribution is -2.42. The van der Waals surface area contributed by atoms with Crippen molar-refractivity contribution in [3.05, 3.63) is 38.9 Å². The van der Waals surface area contributed by atoms with Gasteiger partial charge in [0, 0.05) is 24.2 Å². The molecule has 1 atom stereocenters. The van der Waals surface area contributed by atoms with Gasteiger partial charge in [-0.15, -0.1) is 0 Å². The Morgan fingerprint density at radius 1 is 1.57 bits per heavy atom. The molecule has 1 unspecified atom stereocenters. The lowest BCUT2D eigenvalue weighted by atomic mass is 9.97. The van der Waals surface area contributed by atoms with Crippen molar-refractivity contribution in [1.29, 1.82) is 0 Å². The lowest BCUT2D eigenvalue weighted by Gasteiger charge is -2.32. The number of likely N-dealkylation sites (tertiary alicyclic amines) is 1. The fourth-order valence-corrected chi connectivity index (χ4v) is 2.89. The van der Waals surface area contributed by atoms with Crippen LogP contribution in [0.4, 0.5) is 5.69 Å². The molecule has 1 heterocycles. The summed E-state index contributed by atoms with van der Waals surface area (Å²) >= 11 is 5.88. The zero-order valence-electron chi connectivity index (χ0n) is 11.8. The maximum atomic E-state index is 12.6. The van der Waals surface area contributed by atoms with E-state index in [1.165, 1.54) is 18.2 Å². The van der Waals surface area contributed by atoms with Crippen molar-refractivity contribution in [3.63, 3.8) is 0 Å². The normalized spacial score (nSPS) is 18.6. The van der Waals surface area contributed by atoms with Crippen molar-refractivity contribution in [2.75, 3.05) is 26.7 Å². The molecule has 2 rings (SSSR count). The van der Waals surface area contributed by atoms with Crippen LogP contribution in [0.25, 0.3) is 0 Å². The van der Waals surface area contributed by atoms with Gasteiger partial charge in [-0.25, -0.2) is 0 Å². The first kappa shape index (κ1) is 15.7. The highest BCUT2D eigenvalue weighted by molar-refractivity contribution is 6.31. The third-order valence-electron chi connectivity index (χ3n) is 3.68. The molecule has 6 nitrogen and oxygen atoms in total. The lowest BCUT2D eigenvalue weighted by molar-refractivity contribution is -0.385. The van der Waals surface area contributed by atoms with Gasteiger partial charge in [0.2, 0.25) is 0 Å². The average Bonchev–Trinajstić information content (AvgIpc) is 2.46. The number of nitrogens with zero attached hydrogens (tertiary/aromatic N) is 2. The highest BCUT2D eigenvalue weighted by Crippen LogP contribution is 2.26. The summed E-state index contributed by atoms with van der Waals surface area (Å²) in [4.78, 5) is 24.8. The van der Waals surface area contributed by atoms with E-state index in [-0.39, 0.29) is 17.2 Å². The number of halogens is 1. The van der Waals surface area contributed by atoms with Crippen LogP contribution in [0.5, 0.6) is 0 Å². The van der Waals surface area contributed by atoms with Crippen LogP contribution in [-0.4, -0.2) is 42.4 Å². The van der Waals surface area contributed by atoms with Crippen LogP contribution in [0.1, 0.15) is 23.2 Å². The Hall–Kier alpha value is -1.66. The summed E-state index contributed by atoms with van der Waals surface area (Å²) in [6.07, 6.45) is 1.97. The van der Waals surface area contributed by atoms with Crippen molar-refractivity contribution in [2.45, 2.75) is 12.8 Å². The van der Waals surface area contributed by atoms with Crippen LogP contribution in [0.15, 0.2) is 18.2 Å². The van der Waals surface area contributed by atoms with Crippen molar-refractivity contribution in [1.82, 2.24) is 10.2 Å². The number of carbonyl (C=O) groups excluding carboxylic acids is 1. The molecule has 1 aliphatic rings. The van der Waals surface area contributed by atoms with E-state index < -0.39 is 4.92 Å². The zero-order valence-corrected chi connectivity index (χ0v) is 12.6. The molecular weight excluding hydrogens is 294 g/mol. The smallest absolute Gasteiger partial charge is 0.282 e. The van der Waals surface area contributed by atoms with Gasteiger partial charge in [-0.3, -0.25) is 14.9 Å². The molecule has 1 fully saturated rings. The van der Waals surface area contributed by atoms with Crippen LogP contribution in [0.3, 0.4) is 0 Å². The Labute approximate surface area is 128 Å². The Balaban J connectivity index is 2.23. The van der Waals surface area contributed by atoms with Gasteiger partial charge in [-0.2, -0.15) is 0 Å². The van der Waals surface area contributed by atoms with E-state index in [4.69, 9.17) is 11.6 Å². The summed E-state index contributed by atoms with van der Waals surface area (Å²) in [6, 6.07) is 4.09. The van der Waals surface area contributed by atoms with Gasteiger partial charge < -0.3 is 10.2 Å². The van der Waals surface area contributed by atoms with Gasteiger partial charge in [-0.05, 0) is 44.5 Å². The minimum Gasteiger partial charge on any atom is -0.338 e. The Kier molecular flexibility index (Phi) is 5.14. The third kappa shape index (κ3) is 3.71. The molecule has 1 aliphatic heterocycles. The molecule has 1 N–H and O–H groups in total. The molecule has 1 amide bonds. The number of benzene rings is 1. The largest absolute Gasteiger partial charge is 0.338 e. The molecule has 0 spiro atoms. The molecular formula is C14H18ClN3O3. The number of amides is 1. The quantitative estimate of drug-likeness (QED) is 0.684. The van der Waals surface area contributed by atoms with Gasteiger partial charge in [0.15, 0.2) is 0 Å². The van der Waals surface area contributed by atoms with Crippen molar-refractivity contribution < 1.29 is 9.72 Å². The standard InChI is InChI=1S/C14H18ClN3O3/c1-16-8-10-3-2-6-17(9-10)14(19)12-7-11(15)4-5-13(12)18(20)21/h4-5,7,10,16H,2-3,6,8-9H2,1H3. The average molecular weight is 312 g/mol. The van der Waals surface area contributed by atoms with Crippen molar-refractivity contribution in [2.24, 2.45) is 5.92 Å². The first-order valence-electron chi connectivity index (χ1n) is 6.90. The molecule has 1 aromatic rings. The Morgan fingerprint density at radius 3 is 3.00 bits per heavy atom. The summed E-state index contributed by atoms with van der Waals surface area (Å²) in [5.74, 6) is 0.0657. The molecule has 0 radical (unpaired) electrons. The van der Waals surface area contributed by atoms with E-state index in [1.54, 1.807) is 4.90 Å². The fraction of sp³-hybridized carbons (Fsp3) is 0.500. The number of nitro groups is 1. The number of hydrogen-bond donors (Lipinski definition) is 1. The van der Waals surface area contributed by atoms with E-state index in [0.29, 0.717) is 24.0 Å². The van der Waals surface area contributed by atoms with E-state index in [0.717, 1.165) is 19.4 Å². The molecule has 21 heavy (non-hydrogen) atoms. The molecule has 0 aromatic heterocycles. The van der Waals surface area contributed by atoms with Gasteiger partial charge >= 0.3 is 0 Å². The molecule has 0 aliphatic carbocycles. The number of carbonyl (C=O) groups is 1. The summed E-state index contributed by atoms with van der Waals surface area (Å²) < 4.78 is 0. The van der Waals surface area contributed by atoms with Crippen molar-refractivity contribution >= 4 is 23.2 Å². The molecule has 1 saturated heterocycles. The van der Waals surface area contributed by atoms with Gasteiger partial charge in [-0.1, -0.05) is 11.6 Å². The van der Waals surface area contributed by atoms with Crippen molar-refractivity contribution in [3.8, 4) is 0 Å². The van der Waals surface area contributed by atoms with Crippen LogP contribution in [0, 0.1) is 16.0 Å². The predicted octanol–water partition coefficient (Wildman–Crippen LogP) is 2.32. The maximum absolute atomic E-state index is 12.6. The number of hydrogen-bond acceptors (Lipinski definition) is 4. The summed E-state index contributed by atoms with van der Waals surface area (Å²) in [6.45, 7) is 2.08. The monoisotopic (exact) mass is 311 g/mol.